The van der Waals surface area contributed by atoms with E-state index in [1.807, 2.05) is 6.07 Å². The summed E-state index contributed by atoms with van der Waals surface area (Å²) in [4.78, 5) is 2.35. The zero-order chi connectivity index (χ0) is 13.0. The molecule has 1 fully saturated rings. The molecule has 4 heteroatoms. The number of aliphatic hydroxyl groups is 1. The van der Waals surface area contributed by atoms with E-state index in [0.717, 1.165) is 38.0 Å². The lowest BCUT2D eigenvalue weighted by atomic mass is 9.95. The monoisotopic (exact) mass is 315 g/mol. The van der Waals surface area contributed by atoms with Gasteiger partial charge in [-0.15, -0.1) is 0 Å². The van der Waals surface area contributed by atoms with E-state index in [9.17, 15) is 4.39 Å². The minimum Gasteiger partial charge on any atom is -0.396 e. The van der Waals surface area contributed by atoms with Crippen molar-refractivity contribution in [2.75, 3.05) is 19.7 Å². The smallest absolute Gasteiger partial charge is 0.137 e. The molecule has 0 radical (unpaired) electrons. The van der Waals surface area contributed by atoms with Gasteiger partial charge in [-0.05, 0) is 59.3 Å². The molecule has 1 heterocycles. The van der Waals surface area contributed by atoms with Gasteiger partial charge in [0.25, 0.3) is 0 Å². The van der Waals surface area contributed by atoms with Gasteiger partial charge in [-0.1, -0.05) is 12.1 Å². The molecule has 1 N–H and O–H groups in total. The van der Waals surface area contributed by atoms with Crippen molar-refractivity contribution in [2.45, 2.75) is 25.8 Å². The summed E-state index contributed by atoms with van der Waals surface area (Å²) in [5, 5.41) is 9.00. The molecule has 0 bridgehead atoms. The first-order valence-corrected chi connectivity index (χ1v) is 7.26. The Kier molecular flexibility index (Phi) is 5.15. The molecule has 1 atom stereocenters. The van der Waals surface area contributed by atoms with Crippen LogP contribution in [0.15, 0.2) is 22.7 Å². The van der Waals surface area contributed by atoms with Crippen molar-refractivity contribution < 1.29 is 9.50 Å². The summed E-state index contributed by atoms with van der Waals surface area (Å²) in [6, 6.07) is 5.19. The fourth-order valence-electron chi connectivity index (χ4n) is 2.62. The first-order chi connectivity index (χ1) is 8.70. The lowest BCUT2D eigenvalue weighted by molar-refractivity contribution is 0.142. The highest BCUT2D eigenvalue weighted by atomic mass is 79.9. The van der Waals surface area contributed by atoms with Crippen LogP contribution < -0.4 is 0 Å². The fraction of sp³-hybridized carbons (Fsp3) is 0.571. The summed E-state index contributed by atoms with van der Waals surface area (Å²) in [7, 11) is 0. The molecule has 0 saturated carbocycles. The van der Waals surface area contributed by atoms with Crippen molar-refractivity contribution in [1.82, 2.24) is 4.90 Å². The number of rotatable bonds is 4. The molecular formula is C14H19BrFNO. The van der Waals surface area contributed by atoms with Crippen LogP contribution in [-0.2, 0) is 6.54 Å². The van der Waals surface area contributed by atoms with Gasteiger partial charge >= 0.3 is 0 Å². The van der Waals surface area contributed by atoms with Crippen LogP contribution in [0.25, 0.3) is 0 Å². The number of piperidine rings is 1. The van der Waals surface area contributed by atoms with E-state index in [-0.39, 0.29) is 12.4 Å². The Morgan fingerprint density at radius 1 is 1.44 bits per heavy atom. The Bertz CT molecular complexity index is 397. The van der Waals surface area contributed by atoms with Crippen LogP contribution in [0.2, 0.25) is 0 Å². The van der Waals surface area contributed by atoms with Gasteiger partial charge in [0.15, 0.2) is 0 Å². The summed E-state index contributed by atoms with van der Waals surface area (Å²) in [5.74, 6) is 0.382. The number of benzene rings is 1. The molecular weight excluding hydrogens is 297 g/mol. The van der Waals surface area contributed by atoms with Crippen LogP contribution in [0.1, 0.15) is 24.8 Å². The Balaban J connectivity index is 1.98. The second kappa shape index (κ2) is 6.64. The molecule has 1 aromatic rings. The van der Waals surface area contributed by atoms with E-state index < -0.39 is 0 Å². The van der Waals surface area contributed by atoms with Gasteiger partial charge in [-0.25, -0.2) is 4.39 Å². The predicted molar refractivity (Wildman–Crippen MR) is 73.8 cm³/mol. The number of halogens is 2. The molecule has 0 aliphatic carbocycles. The highest BCUT2D eigenvalue weighted by molar-refractivity contribution is 9.10. The van der Waals surface area contributed by atoms with Crippen molar-refractivity contribution in [3.8, 4) is 0 Å². The lowest BCUT2D eigenvalue weighted by Gasteiger charge is -2.32. The van der Waals surface area contributed by atoms with E-state index in [1.165, 1.54) is 12.5 Å². The molecule has 1 aliphatic rings. The minimum absolute atomic E-state index is 0.198. The van der Waals surface area contributed by atoms with Gasteiger partial charge < -0.3 is 5.11 Å². The predicted octanol–water partition coefficient (Wildman–Crippen LogP) is 3.18. The van der Waals surface area contributed by atoms with Gasteiger partial charge in [0.1, 0.15) is 5.82 Å². The molecule has 0 spiro atoms. The van der Waals surface area contributed by atoms with Crippen molar-refractivity contribution >= 4 is 15.9 Å². The third-order valence-electron chi connectivity index (χ3n) is 3.57. The molecule has 1 aromatic carbocycles. The van der Waals surface area contributed by atoms with Crippen LogP contribution in [0.5, 0.6) is 0 Å². The van der Waals surface area contributed by atoms with Gasteiger partial charge in [-0.2, -0.15) is 0 Å². The van der Waals surface area contributed by atoms with Gasteiger partial charge in [-0.3, -0.25) is 4.90 Å². The number of hydrogen-bond acceptors (Lipinski definition) is 2. The number of hydrogen-bond donors (Lipinski definition) is 1. The SMILES string of the molecule is OCCC1CCCN(Cc2cccc(F)c2Br)C1. The number of likely N-dealkylation sites (tertiary alicyclic amines) is 1. The topological polar surface area (TPSA) is 23.5 Å². The van der Waals surface area contributed by atoms with Crippen LogP contribution in [0, 0.1) is 11.7 Å². The van der Waals surface area contributed by atoms with Crippen molar-refractivity contribution in [2.24, 2.45) is 5.92 Å². The molecule has 0 amide bonds. The van der Waals surface area contributed by atoms with E-state index >= 15 is 0 Å². The second-order valence-electron chi connectivity index (χ2n) is 4.97. The molecule has 1 saturated heterocycles. The minimum atomic E-state index is -0.198. The molecule has 18 heavy (non-hydrogen) atoms. The quantitative estimate of drug-likeness (QED) is 0.922. The normalized spacial score (nSPS) is 21.2. The van der Waals surface area contributed by atoms with E-state index in [0.29, 0.717) is 10.4 Å². The maximum atomic E-state index is 13.4. The zero-order valence-electron chi connectivity index (χ0n) is 10.4. The number of nitrogens with zero attached hydrogens (tertiary/aromatic N) is 1. The van der Waals surface area contributed by atoms with Crippen molar-refractivity contribution in [3.63, 3.8) is 0 Å². The zero-order valence-corrected chi connectivity index (χ0v) is 12.0. The highest BCUT2D eigenvalue weighted by Crippen LogP contribution is 2.25. The maximum absolute atomic E-state index is 13.4. The first-order valence-electron chi connectivity index (χ1n) is 6.47. The van der Waals surface area contributed by atoms with E-state index in [4.69, 9.17) is 5.11 Å². The molecule has 2 rings (SSSR count). The Hall–Kier alpha value is -0.450. The Morgan fingerprint density at radius 2 is 2.28 bits per heavy atom. The number of aliphatic hydroxyl groups excluding tert-OH is 1. The van der Waals surface area contributed by atoms with Crippen molar-refractivity contribution in [1.29, 1.82) is 0 Å². The molecule has 100 valence electrons. The summed E-state index contributed by atoms with van der Waals surface area (Å²) in [6.07, 6.45) is 3.24. The Labute approximate surface area is 116 Å². The van der Waals surface area contributed by atoms with Crippen LogP contribution in [0.4, 0.5) is 4.39 Å². The molecule has 1 aliphatic heterocycles. The fourth-order valence-corrected chi connectivity index (χ4v) is 3.01. The highest BCUT2D eigenvalue weighted by Gasteiger charge is 2.20. The van der Waals surface area contributed by atoms with Crippen LogP contribution in [-0.4, -0.2) is 29.7 Å². The molecule has 2 nitrogen and oxygen atoms in total. The third-order valence-corrected chi connectivity index (χ3v) is 4.45. The van der Waals surface area contributed by atoms with E-state index in [1.54, 1.807) is 6.07 Å². The van der Waals surface area contributed by atoms with Gasteiger partial charge in [0.2, 0.25) is 0 Å². The van der Waals surface area contributed by atoms with Gasteiger partial charge in [0, 0.05) is 19.7 Å². The average Bonchev–Trinajstić information content (AvgIpc) is 2.36. The lowest BCUT2D eigenvalue weighted by Crippen LogP contribution is -2.35. The van der Waals surface area contributed by atoms with E-state index in [2.05, 4.69) is 20.8 Å². The van der Waals surface area contributed by atoms with Gasteiger partial charge in [0.05, 0.1) is 4.47 Å². The average molecular weight is 316 g/mol. The molecule has 0 aromatic heterocycles. The summed E-state index contributed by atoms with van der Waals surface area (Å²) in [5.41, 5.74) is 1.000. The van der Waals surface area contributed by atoms with Crippen LogP contribution >= 0.6 is 15.9 Å². The van der Waals surface area contributed by atoms with Crippen molar-refractivity contribution in [3.05, 3.63) is 34.1 Å². The summed E-state index contributed by atoms with van der Waals surface area (Å²) in [6.45, 7) is 3.11. The maximum Gasteiger partial charge on any atom is 0.137 e. The standard InChI is InChI=1S/C14H19BrFNO/c15-14-12(4-1-5-13(14)16)10-17-7-2-3-11(9-17)6-8-18/h1,4-5,11,18H,2-3,6-10H2. The summed E-state index contributed by atoms with van der Waals surface area (Å²) >= 11 is 3.31. The van der Waals surface area contributed by atoms with Crippen LogP contribution in [0.3, 0.4) is 0 Å². The largest absolute Gasteiger partial charge is 0.396 e. The third kappa shape index (κ3) is 3.53. The first kappa shape index (κ1) is 14.0. The second-order valence-corrected chi connectivity index (χ2v) is 5.76. The molecule has 1 unspecified atom stereocenters. The Morgan fingerprint density at radius 3 is 3.06 bits per heavy atom. The summed E-state index contributed by atoms with van der Waals surface area (Å²) < 4.78 is 14.0.